The summed E-state index contributed by atoms with van der Waals surface area (Å²) < 4.78 is 29.0. The van der Waals surface area contributed by atoms with E-state index in [-0.39, 0.29) is 10.5 Å². The highest BCUT2D eigenvalue weighted by Gasteiger charge is 2.18. The zero-order valence-electron chi connectivity index (χ0n) is 16.5. The van der Waals surface area contributed by atoms with Gasteiger partial charge >= 0.3 is 0 Å². The molecule has 0 aliphatic carbocycles. The van der Waals surface area contributed by atoms with Crippen molar-refractivity contribution in [3.05, 3.63) is 94.6 Å². The lowest BCUT2D eigenvalue weighted by molar-refractivity contribution is 0.102. The van der Waals surface area contributed by atoms with Gasteiger partial charge in [0.2, 0.25) is 0 Å². The van der Waals surface area contributed by atoms with E-state index in [2.05, 4.69) is 31.0 Å². The van der Waals surface area contributed by atoms with Gasteiger partial charge in [0.1, 0.15) is 0 Å². The van der Waals surface area contributed by atoms with Gasteiger partial charge in [-0.2, -0.15) is 0 Å². The van der Waals surface area contributed by atoms with Crippen LogP contribution in [0.1, 0.15) is 15.9 Å². The molecular weight excluding hydrogens is 478 g/mol. The van der Waals surface area contributed by atoms with Crippen LogP contribution in [0, 0.1) is 6.92 Å². The van der Waals surface area contributed by atoms with Gasteiger partial charge in [0.25, 0.3) is 15.9 Å². The lowest BCUT2D eigenvalue weighted by Gasteiger charge is -2.12. The molecule has 8 heteroatoms. The van der Waals surface area contributed by atoms with Gasteiger partial charge < -0.3 is 5.32 Å². The fourth-order valence-electron chi connectivity index (χ4n) is 3.13. The molecule has 0 unspecified atom stereocenters. The molecule has 1 aromatic heterocycles. The number of hydrogen-bond donors (Lipinski definition) is 2. The Hall–Kier alpha value is -3.23. The van der Waals surface area contributed by atoms with Crippen molar-refractivity contribution in [2.75, 3.05) is 10.0 Å². The molecule has 2 N–H and O–H groups in total. The third-order valence-corrected chi connectivity index (χ3v) is 6.71. The number of pyridine rings is 1. The molecule has 4 aromatic rings. The monoisotopic (exact) mass is 495 g/mol. The average Bonchev–Trinajstić information content (AvgIpc) is 2.76. The number of aryl methyl sites for hydroxylation is 1. The van der Waals surface area contributed by atoms with Gasteiger partial charge in [-0.25, -0.2) is 8.42 Å². The number of hydrogen-bond acceptors (Lipinski definition) is 4. The summed E-state index contributed by atoms with van der Waals surface area (Å²) in [6, 6.07) is 20.5. The van der Waals surface area contributed by atoms with Crippen molar-refractivity contribution < 1.29 is 13.2 Å². The molecule has 0 aliphatic heterocycles. The van der Waals surface area contributed by atoms with Crippen molar-refractivity contribution in [2.45, 2.75) is 11.8 Å². The number of anilines is 2. The molecule has 0 radical (unpaired) electrons. The second kappa shape index (κ2) is 8.49. The number of carbonyl (C=O) groups is 1. The molecule has 3 aromatic carbocycles. The Kier molecular flexibility index (Phi) is 5.75. The molecule has 0 saturated heterocycles. The van der Waals surface area contributed by atoms with Crippen LogP contribution < -0.4 is 10.0 Å². The molecule has 0 fully saturated rings. The number of aromatic nitrogens is 1. The lowest BCUT2D eigenvalue weighted by Crippen LogP contribution is -2.16. The molecule has 6 nitrogen and oxygen atoms in total. The van der Waals surface area contributed by atoms with Crippen LogP contribution >= 0.6 is 15.9 Å². The van der Waals surface area contributed by atoms with Crippen LogP contribution in [0.15, 0.2) is 88.4 Å². The zero-order valence-corrected chi connectivity index (χ0v) is 18.9. The van der Waals surface area contributed by atoms with Gasteiger partial charge in [-0.05, 0) is 70.9 Å². The summed E-state index contributed by atoms with van der Waals surface area (Å²) in [5.74, 6) is -0.424. The SMILES string of the molecule is Cc1ccc(Br)c(NS(=O)(=O)c2cccc(C(=O)Nc3cccc4cccnc34)c2)c1. The lowest BCUT2D eigenvalue weighted by atomic mass is 10.1. The van der Waals surface area contributed by atoms with Crippen LogP contribution in [0.2, 0.25) is 0 Å². The van der Waals surface area contributed by atoms with Crippen LogP contribution in [-0.4, -0.2) is 19.3 Å². The van der Waals surface area contributed by atoms with E-state index in [4.69, 9.17) is 0 Å². The Balaban J connectivity index is 1.61. The van der Waals surface area contributed by atoms with Gasteiger partial charge in [-0.3, -0.25) is 14.5 Å². The smallest absolute Gasteiger partial charge is 0.261 e. The number of carbonyl (C=O) groups excluding carboxylic acids is 1. The molecule has 0 saturated carbocycles. The van der Waals surface area contributed by atoms with E-state index < -0.39 is 15.9 Å². The summed E-state index contributed by atoms with van der Waals surface area (Å²) >= 11 is 3.35. The number of fused-ring (bicyclic) bond motifs is 1. The van der Waals surface area contributed by atoms with Gasteiger partial charge in [-0.1, -0.05) is 30.3 Å². The van der Waals surface area contributed by atoms with Crippen molar-refractivity contribution in [3.8, 4) is 0 Å². The minimum absolute atomic E-state index is 0.00963. The molecule has 0 aliphatic rings. The Morgan fingerprint density at radius 3 is 2.55 bits per heavy atom. The van der Waals surface area contributed by atoms with Crippen LogP contribution in [0.3, 0.4) is 0 Å². The Morgan fingerprint density at radius 2 is 1.71 bits per heavy atom. The van der Waals surface area contributed by atoms with Crippen LogP contribution in [0.25, 0.3) is 10.9 Å². The predicted molar refractivity (Wildman–Crippen MR) is 126 cm³/mol. The largest absolute Gasteiger partial charge is 0.320 e. The first-order chi connectivity index (χ1) is 14.8. The first kappa shape index (κ1) is 21.0. The molecule has 4 rings (SSSR count). The van der Waals surface area contributed by atoms with E-state index >= 15 is 0 Å². The second-order valence-electron chi connectivity index (χ2n) is 6.95. The van der Waals surface area contributed by atoms with Gasteiger partial charge in [0.15, 0.2) is 0 Å². The maximum atomic E-state index is 12.9. The third-order valence-electron chi connectivity index (χ3n) is 4.65. The number of nitrogens with zero attached hydrogens (tertiary/aromatic N) is 1. The molecular formula is C23H18BrN3O3S. The minimum atomic E-state index is -3.89. The zero-order chi connectivity index (χ0) is 22.0. The van der Waals surface area contributed by atoms with E-state index in [1.165, 1.54) is 18.2 Å². The first-order valence-corrected chi connectivity index (χ1v) is 11.7. The molecule has 0 atom stereocenters. The Bertz CT molecular complexity index is 1400. The van der Waals surface area contributed by atoms with Crippen molar-refractivity contribution >= 4 is 54.1 Å². The maximum absolute atomic E-state index is 12.9. The van der Waals surface area contributed by atoms with E-state index in [1.54, 1.807) is 30.5 Å². The van der Waals surface area contributed by atoms with Crippen molar-refractivity contribution in [3.63, 3.8) is 0 Å². The summed E-state index contributed by atoms with van der Waals surface area (Å²) in [5, 5.41) is 3.72. The Labute approximate surface area is 188 Å². The first-order valence-electron chi connectivity index (χ1n) is 9.38. The highest BCUT2D eigenvalue weighted by Crippen LogP contribution is 2.27. The highest BCUT2D eigenvalue weighted by molar-refractivity contribution is 9.10. The standard InChI is InChI=1S/C23H18BrN3O3S/c1-15-10-11-19(24)21(13-15)27-31(29,30)18-8-2-6-17(14-18)23(28)26-20-9-3-5-16-7-4-12-25-22(16)20/h2-14,27H,1H3,(H,26,28). The molecule has 0 spiro atoms. The Morgan fingerprint density at radius 1 is 0.935 bits per heavy atom. The second-order valence-corrected chi connectivity index (χ2v) is 9.49. The quantitative estimate of drug-likeness (QED) is 0.390. The average molecular weight is 496 g/mol. The number of benzene rings is 3. The maximum Gasteiger partial charge on any atom is 0.261 e. The van der Waals surface area contributed by atoms with Gasteiger partial charge in [0.05, 0.1) is 21.8 Å². The molecule has 31 heavy (non-hydrogen) atoms. The topological polar surface area (TPSA) is 88.2 Å². The number of para-hydroxylation sites is 1. The summed E-state index contributed by atoms with van der Waals surface area (Å²) in [4.78, 5) is 17.1. The number of nitrogens with one attached hydrogen (secondary N) is 2. The minimum Gasteiger partial charge on any atom is -0.320 e. The fraction of sp³-hybridized carbons (Fsp3) is 0.0435. The third kappa shape index (κ3) is 4.60. The number of amides is 1. The summed E-state index contributed by atoms with van der Waals surface area (Å²) in [5.41, 5.74) is 2.78. The molecule has 1 heterocycles. The molecule has 156 valence electrons. The summed E-state index contributed by atoms with van der Waals surface area (Å²) in [6.45, 7) is 1.87. The normalized spacial score (nSPS) is 11.3. The van der Waals surface area contributed by atoms with Crippen molar-refractivity contribution in [1.29, 1.82) is 0 Å². The van der Waals surface area contributed by atoms with Crippen LogP contribution in [0.5, 0.6) is 0 Å². The number of rotatable bonds is 5. The van der Waals surface area contributed by atoms with E-state index in [9.17, 15) is 13.2 Å². The highest BCUT2D eigenvalue weighted by atomic mass is 79.9. The molecule has 0 bridgehead atoms. The van der Waals surface area contributed by atoms with Gasteiger partial charge in [-0.15, -0.1) is 0 Å². The number of sulfonamides is 1. The van der Waals surface area contributed by atoms with E-state index in [1.807, 2.05) is 37.3 Å². The number of halogens is 1. The van der Waals surface area contributed by atoms with E-state index in [0.29, 0.717) is 21.4 Å². The van der Waals surface area contributed by atoms with Crippen LogP contribution in [-0.2, 0) is 10.0 Å². The van der Waals surface area contributed by atoms with Crippen molar-refractivity contribution in [2.24, 2.45) is 0 Å². The van der Waals surface area contributed by atoms with Gasteiger partial charge in [0, 0.05) is 21.6 Å². The van der Waals surface area contributed by atoms with E-state index in [0.717, 1.165) is 10.9 Å². The summed E-state index contributed by atoms with van der Waals surface area (Å²) in [6.07, 6.45) is 1.65. The van der Waals surface area contributed by atoms with Crippen LogP contribution in [0.4, 0.5) is 11.4 Å². The molecule has 1 amide bonds. The van der Waals surface area contributed by atoms with Crippen molar-refractivity contribution in [1.82, 2.24) is 4.98 Å². The fourth-order valence-corrected chi connectivity index (χ4v) is 4.72. The summed E-state index contributed by atoms with van der Waals surface area (Å²) in [7, 11) is -3.89. The predicted octanol–water partition coefficient (Wildman–Crippen LogP) is 5.36.